The first-order valence-corrected chi connectivity index (χ1v) is 7.00. The van der Waals surface area contributed by atoms with Crippen LogP contribution in [0.5, 0.6) is 0 Å². The van der Waals surface area contributed by atoms with Crippen LogP contribution >= 0.6 is 0 Å². The minimum atomic E-state index is 0.211. The summed E-state index contributed by atoms with van der Waals surface area (Å²) >= 11 is 0. The summed E-state index contributed by atoms with van der Waals surface area (Å²) in [5.74, 6) is 0.528. The van der Waals surface area contributed by atoms with E-state index in [9.17, 15) is 0 Å². The first kappa shape index (κ1) is 15.2. The summed E-state index contributed by atoms with van der Waals surface area (Å²) in [5, 5.41) is 3.11. The zero-order valence-electron chi connectivity index (χ0n) is 11.8. The van der Waals surface area contributed by atoms with Gasteiger partial charge in [-0.3, -0.25) is 4.99 Å². The maximum absolute atomic E-state index is 5.78. The summed E-state index contributed by atoms with van der Waals surface area (Å²) in [5.41, 5.74) is 5.78. The summed E-state index contributed by atoms with van der Waals surface area (Å²) < 4.78 is 5.03. The monoisotopic (exact) mass is 256 g/mol. The summed E-state index contributed by atoms with van der Waals surface area (Å²) in [6.07, 6.45) is 5.06. The summed E-state index contributed by atoms with van der Waals surface area (Å²) in [4.78, 5) is 6.85. The van der Waals surface area contributed by atoms with Crippen LogP contribution in [0.3, 0.4) is 0 Å². The molecule has 1 heterocycles. The van der Waals surface area contributed by atoms with Gasteiger partial charge in [0.25, 0.3) is 0 Å². The molecule has 1 saturated heterocycles. The number of likely N-dealkylation sites (tertiary alicyclic amines) is 1. The Morgan fingerprint density at radius 1 is 1.39 bits per heavy atom. The van der Waals surface area contributed by atoms with Crippen molar-refractivity contribution < 1.29 is 4.74 Å². The molecule has 1 aliphatic rings. The largest absolute Gasteiger partial charge is 0.383 e. The zero-order chi connectivity index (χ0) is 13.2. The topological polar surface area (TPSA) is 62.9 Å². The van der Waals surface area contributed by atoms with Crippen molar-refractivity contribution >= 4 is 5.96 Å². The third-order valence-electron chi connectivity index (χ3n) is 3.17. The molecule has 0 radical (unpaired) electrons. The number of nitrogens with two attached hydrogens (primary N) is 1. The van der Waals surface area contributed by atoms with Crippen LogP contribution in [0.15, 0.2) is 4.99 Å². The number of hydrogen-bond donors (Lipinski definition) is 2. The van der Waals surface area contributed by atoms with Crippen molar-refractivity contribution in [3.8, 4) is 0 Å². The summed E-state index contributed by atoms with van der Waals surface area (Å²) in [7, 11) is 1.68. The Hall–Kier alpha value is -0.810. The van der Waals surface area contributed by atoms with Crippen molar-refractivity contribution in [3.63, 3.8) is 0 Å². The second-order valence-corrected chi connectivity index (χ2v) is 5.02. The van der Waals surface area contributed by atoms with Gasteiger partial charge in [-0.15, -0.1) is 0 Å². The number of guanidine groups is 1. The van der Waals surface area contributed by atoms with Gasteiger partial charge in [0, 0.05) is 19.7 Å². The number of ether oxygens (including phenoxy) is 1. The number of nitrogens with zero attached hydrogens (tertiary/aromatic N) is 2. The molecule has 1 unspecified atom stereocenters. The second-order valence-electron chi connectivity index (χ2n) is 5.02. The van der Waals surface area contributed by atoms with Crippen LogP contribution in [-0.2, 0) is 4.74 Å². The maximum Gasteiger partial charge on any atom is 0.188 e. The minimum absolute atomic E-state index is 0.211. The van der Waals surface area contributed by atoms with Crippen LogP contribution in [0.1, 0.15) is 32.6 Å². The molecule has 18 heavy (non-hydrogen) atoms. The van der Waals surface area contributed by atoms with E-state index in [2.05, 4.69) is 15.2 Å². The molecule has 0 aromatic rings. The van der Waals surface area contributed by atoms with Gasteiger partial charge in [-0.2, -0.15) is 0 Å². The van der Waals surface area contributed by atoms with E-state index >= 15 is 0 Å². The lowest BCUT2D eigenvalue weighted by molar-refractivity contribution is 0.179. The lowest BCUT2D eigenvalue weighted by atomic mass is 10.3. The molecule has 5 nitrogen and oxygen atoms in total. The van der Waals surface area contributed by atoms with Gasteiger partial charge in [0.05, 0.1) is 6.61 Å². The van der Waals surface area contributed by atoms with E-state index in [-0.39, 0.29) is 6.04 Å². The Labute approximate surface area is 111 Å². The first-order chi connectivity index (χ1) is 8.72. The normalized spacial score (nSPS) is 19.1. The van der Waals surface area contributed by atoms with Gasteiger partial charge in [0.15, 0.2) is 5.96 Å². The molecule has 106 valence electrons. The van der Waals surface area contributed by atoms with Crippen molar-refractivity contribution in [2.75, 3.05) is 39.9 Å². The van der Waals surface area contributed by atoms with Crippen molar-refractivity contribution in [3.05, 3.63) is 0 Å². The van der Waals surface area contributed by atoms with E-state index in [4.69, 9.17) is 10.5 Å². The standard InChI is InChI=1S/C13H28N4O/c1-12(11-18-2)16-13(14)15-7-3-4-8-17-9-5-6-10-17/h12H,3-11H2,1-2H3,(H3,14,15,16). The molecule has 0 aromatic carbocycles. The van der Waals surface area contributed by atoms with Crippen molar-refractivity contribution in [2.45, 2.75) is 38.6 Å². The molecule has 3 N–H and O–H groups in total. The summed E-state index contributed by atoms with van der Waals surface area (Å²) in [6.45, 7) is 7.25. The van der Waals surface area contributed by atoms with Gasteiger partial charge >= 0.3 is 0 Å². The van der Waals surface area contributed by atoms with Gasteiger partial charge in [-0.1, -0.05) is 0 Å². The predicted octanol–water partition coefficient (Wildman–Crippen LogP) is 0.802. The number of unbranched alkanes of at least 4 members (excludes halogenated alkanes) is 1. The third kappa shape index (κ3) is 6.81. The Balaban J connectivity index is 2.00. The Kier molecular flexibility index (Phi) is 7.76. The molecule has 0 aromatic heterocycles. The number of rotatable bonds is 8. The first-order valence-electron chi connectivity index (χ1n) is 7.00. The molecule has 0 spiro atoms. The Morgan fingerprint density at radius 2 is 2.11 bits per heavy atom. The fraction of sp³-hybridized carbons (Fsp3) is 0.923. The number of methoxy groups -OCH3 is 1. The quantitative estimate of drug-likeness (QED) is 0.383. The van der Waals surface area contributed by atoms with Crippen molar-refractivity contribution in [2.24, 2.45) is 10.7 Å². The number of hydrogen-bond acceptors (Lipinski definition) is 3. The van der Waals surface area contributed by atoms with Crippen LogP contribution in [0.2, 0.25) is 0 Å². The lowest BCUT2D eigenvalue weighted by Gasteiger charge is -2.14. The zero-order valence-corrected chi connectivity index (χ0v) is 11.8. The van der Waals surface area contributed by atoms with Crippen molar-refractivity contribution in [1.82, 2.24) is 10.2 Å². The predicted molar refractivity (Wildman–Crippen MR) is 75.9 cm³/mol. The minimum Gasteiger partial charge on any atom is -0.383 e. The third-order valence-corrected chi connectivity index (χ3v) is 3.17. The van der Waals surface area contributed by atoms with E-state index in [1.54, 1.807) is 7.11 Å². The van der Waals surface area contributed by atoms with E-state index in [0.29, 0.717) is 12.6 Å². The molecule has 0 saturated carbocycles. The molecule has 1 rings (SSSR count). The van der Waals surface area contributed by atoms with Gasteiger partial charge < -0.3 is 20.7 Å². The van der Waals surface area contributed by atoms with Gasteiger partial charge in [0.1, 0.15) is 0 Å². The molecule has 5 heteroatoms. The van der Waals surface area contributed by atoms with Crippen LogP contribution in [0.4, 0.5) is 0 Å². The highest BCUT2D eigenvalue weighted by Gasteiger charge is 2.09. The van der Waals surface area contributed by atoms with Gasteiger partial charge in [0.2, 0.25) is 0 Å². The molecule has 1 fully saturated rings. The highest BCUT2D eigenvalue weighted by molar-refractivity contribution is 5.78. The van der Waals surface area contributed by atoms with Crippen molar-refractivity contribution in [1.29, 1.82) is 0 Å². The number of aliphatic imine (C=N–C) groups is 1. The molecule has 0 amide bonds. The SMILES string of the molecule is COCC(C)NC(N)=NCCCCN1CCCC1. The lowest BCUT2D eigenvalue weighted by Crippen LogP contribution is -2.40. The van der Waals surface area contributed by atoms with Crippen LogP contribution in [0.25, 0.3) is 0 Å². The maximum atomic E-state index is 5.78. The fourth-order valence-electron chi connectivity index (χ4n) is 2.24. The molecule has 1 atom stereocenters. The number of nitrogens with one attached hydrogen (secondary N) is 1. The van der Waals surface area contributed by atoms with E-state index in [1.807, 2.05) is 6.92 Å². The average Bonchev–Trinajstić information content (AvgIpc) is 2.81. The van der Waals surface area contributed by atoms with E-state index in [1.165, 1.54) is 38.9 Å². The molecule has 0 bridgehead atoms. The molecular formula is C13H28N4O. The van der Waals surface area contributed by atoms with E-state index < -0.39 is 0 Å². The fourth-order valence-corrected chi connectivity index (χ4v) is 2.24. The van der Waals surface area contributed by atoms with Gasteiger partial charge in [-0.05, 0) is 52.2 Å². The van der Waals surface area contributed by atoms with E-state index in [0.717, 1.165) is 13.0 Å². The van der Waals surface area contributed by atoms with Crippen LogP contribution < -0.4 is 11.1 Å². The molecule has 0 aliphatic carbocycles. The molecular weight excluding hydrogens is 228 g/mol. The van der Waals surface area contributed by atoms with Gasteiger partial charge in [-0.25, -0.2) is 0 Å². The highest BCUT2D eigenvalue weighted by atomic mass is 16.5. The highest BCUT2D eigenvalue weighted by Crippen LogP contribution is 2.08. The van der Waals surface area contributed by atoms with Crippen LogP contribution in [0, 0.1) is 0 Å². The summed E-state index contributed by atoms with van der Waals surface area (Å²) in [6, 6.07) is 0.211. The second kappa shape index (κ2) is 9.16. The molecule has 1 aliphatic heterocycles. The van der Waals surface area contributed by atoms with Crippen LogP contribution in [-0.4, -0.2) is 56.8 Å². The Bertz CT molecular complexity index is 239. The Morgan fingerprint density at radius 3 is 2.78 bits per heavy atom. The smallest absolute Gasteiger partial charge is 0.188 e. The average molecular weight is 256 g/mol.